The lowest BCUT2D eigenvalue weighted by Crippen LogP contribution is -2.33. The number of nitrogens with zero attached hydrogens (tertiary/aromatic N) is 3. The van der Waals surface area contributed by atoms with Gasteiger partial charge in [-0.1, -0.05) is 42.8 Å². The molecule has 1 N–H and O–H groups in total. The van der Waals surface area contributed by atoms with Gasteiger partial charge in [-0.05, 0) is 62.2 Å². The van der Waals surface area contributed by atoms with Gasteiger partial charge in [-0.25, -0.2) is 0 Å². The number of hydrogen-bond donors (Lipinski definition) is 1. The first-order valence-corrected chi connectivity index (χ1v) is 12.4. The number of hydrogen-bond acceptors (Lipinski definition) is 3. The van der Waals surface area contributed by atoms with Crippen LogP contribution in [-0.2, 0) is 0 Å². The molecule has 0 bridgehead atoms. The second-order valence-corrected chi connectivity index (χ2v) is 7.36. The maximum absolute atomic E-state index is 12.7. The third kappa shape index (κ3) is 8.39. The van der Waals surface area contributed by atoms with Crippen molar-refractivity contribution in [2.75, 3.05) is 25.0 Å². The Morgan fingerprint density at radius 1 is 1.16 bits per heavy atom. The van der Waals surface area contributed by atoms with Gasteiger partial charge in [0.1, 0.15) is 0 Å². The number of aromatic nitrogens is 1. The molecule has 6 heteroatoms. The molecule has 0 atom stereocenters. The molecule has 0 unspecified atom stereocenters. The van der Waals surface area contributed by atoms with Crippen molar-refractivity contribution in [3.63, 3.8) is 0 Å². The third-order valence-electron chi connectivity index (χ3n) is 4.69. The molecule has 0 saturated carbocycles. The highest BCUT2D eigenvalue weighted by Crippen LogP contribution is 2.16. The van der Waals surface area contributed by atoms with Gasteiger partial charge in [0.25, 0.3) is 5.91 Å². The molecule has 1 heterocycles. The normalized spacial score (nSPS) is 11.2. The third-order valence-corrected chi connectivity index (χ3v) is 5.01. The number of benzene rings is 1. The number of nitriles is 1. The Bertz CT molecular complexity index is 893. The molecule has 0 fully saturated rings. The number of carbonyl (C=O) groups is 1. The Labute approximate surface area is 201 Å². The molecule has 0 radical (unpaired) electrons. The molecule has 32 heavy (non-hydrogen) atoms. The van der Waals surface area contributed by atoms with E-state index in [1.54, 1.807) is 24.3 Å². The van der Waals surface area contributed by atoms with E-state index in [2.05, 4.69) is 51.0 Å². The fourth-order valence-corrected chi connectivity index (χ4v) is 3.47. The first-order valence-electron chi connectivity index (χ1n) is 11.3. The molecule has 2 rings (SSSR count). The zero-order chi connectivity index (χ0) is 23.8. The van der Waals surface area contributed by atoms with Crippen LogP contribution in [0.1, 0.15) is 56.5 Å². The van der Waals surface area contributed by atoms with Crippen LogP contribution < -0.4 is 5.32 Å². The number of allylic oxidation sites excluding steroid dienone is 3. The summed E-state index contributed by atoms with van der Waals surface area (Å²) in [5.74, 6) is -0.00136. The van der Waals surface area contributed by atoms with Crippen molar-refractivity contribution in [1.29, 1.82) is 5.26 Å². The van der Waals surface area contributed by atoms with Gasteiger partial charge in [0.15, 0.2) is 0 Å². The summed E-state index contributed by atoms with van der Waals surface area (Å²) in [4.78, 5) is 14.6. The summed E-state index contributed by atoms with van der Waals surface area (Å²) in [6, 6.07) is 12.9. The summed E-state index contributed by atoms with van der Waals surface area (Å²) in [5.41, 5.74) is 3.38. The van der Waals surface area contributed by atoms with Crippen molar-refractivity contribution in [2.45, 2.75) is 40.5 Å². The molecule has 0 spiro atoms. The maximum atomic E-state index is 12.7. The first-order chi connectivity index (χ1) is 15.6. The summed E-state index contributed by atoms with van der Waals surface area (Å²) in [6.45, 7) is 10.2. The SMILES string of the molecule is CC.CC/C=C(NCCCN(CC)C(=O)c1ccc(C#N)cc1)\C(=C/CBr)n1cccc1. The standard InChI is InChI=1S/C24H29BrN4O.C2H6/c1-3-8-22(23(13-14-25)29-16-5-6-17-29)27-15-7-18-28(4-2)24(30)21-11-9-20(19-26)10-12-21;1-2/h5-6,8-13,16-17,27H,3-4,7,14-15,18H2,1-2H3;1-2H3/b22-8+,23-13+;. The van der Waals surface area contributed by atoms with Crippen molar-refractivity contribution in [3.05, 3.63) is 77.8 Å². The molecule has 5 nitrogen and oxygen atoms in total. The van der Waals surface area contributed by atoms with E-state index in [1.807, 2.05) is 50.2 Å². The van der Waals surface area contributed by atoms with Crippen molar-refractivity contribution < 1.29 is 4.79 Å². The Morgan fingerprint density at radius 3 is 2.34 bits per heavy atom. The average molecular weight is 499 g/mol. The molecule has 172 valence electrons. The van der Waals surface area contributed by atoms with E-state index < -0.39 is 0 Å². The average Bonchev–Trinajstić information content (AvgIpc) is 3.37. The van der Waals surface area contributed by atoms with Crippen molar-refractivity contribution in [1.82, 2.24) is 14.8 Å². The Kier molecular flexibility index (Phi) is 13.6. The number of carbonyl (C=O) groups excluding carboxylic acids is 1. The quantitative estimate of drug-likeness (QED) is 0.232. The fraction of sp³-hybridized carbons (Fsp3) is 0.385. The molecule has 0 saturated heterocycles. The minimum Gasteiger partial charge on any atom is -0.384 e. The lowest BCUT2D eigenvalue weighted by atomic mass is 10.1. The van der Waals surface area contributed by atoms with E-state index in [9.17, 15) is 4.79 Å². The highest BCUT2D eigenvalue weighted by atomic mass is 79.9. The van der Waals surface area contributed by atoms with Crippen LogP contribution in [0.4, 0.5) is 0 Å². The largest absolute Gasteiger partial charge is 0.384 e. The minimum absolute atomic E-state index is 0.00136. The minimum atomic E-state index is -0.00136. The van der Waals surface area contributed by atoms with Gasteiger partial charge in [-0.3, -0.25) is 4.79 Å². The highest BCUT2D eigenvalue weighted by molar-refractivity contribution is 9.09. The van der Waals surface area contributed by atoms with Gasteiger partial charge in [-0.2, -0.15) is 5.26 Å². The Morgan fingerprint density at radius 2 is 1.81 bits per heavy atom. The van der Waals surface area contributed by atoms with E-state index in [4.69, 9.17) is 5.26 Å². The predicted octanol–water partition coefficient (Wildman–Crippen LogP) is 6.06. The highest BCUT2D eigenvalue weighted by Gasteiger charge is 2.14. The van der Waals surface area contributed by atoms with E-state index in [0.29, 0.717) is 24.2 Å². The topological polar surface area (TPSA) is 61.1 Å². The van der Waals surface area contributed by atoms with E-state index >= 15 is 0 Å². The van der Waals surface area contributed by atoms with Crippen LogP contribution >= 0.6 is 15.9 Å². The molecular formula is C26H35BrN4O. The summed E-state index contributed by atoms with van der Waals surface area (Å²) in [7, 11) is 0. The van der Waals surface area contributed by atoms with Crippen molar-refractivity contribution >= 4 is 27.5 Å². The summed E-state index contributed by atoms with van der Waals surface area (Å²) >= 11 is 3.51. The van der Waals surface area contributed by atoms with Gasteiger partial charge in [0.2, 0.25) is 0 Å². The molecule has 0 aliphatic rings. The second kappa shape index (κ2) is 15.9. The van der Waals surface area contributed by atoms with E-state index in [0.717, 1.165) is 36.1 Å². The molecule has 1 amide bonds. The Hall–Kier alpha value is -2.78. The Balaban J connectivity index is 0.00000249. The van der Waals surface area contributed by atoms with Gasteiger partial charge >= 0.3 is 0 Å². The van der Waals surface area contributed by atoms with Crippen LogP contribution in [0.3, 0.4) is 0 Å². The molecule has 0 aliphatic heterocycles. The van der Waals surface area contributed by atoms with Gasteiger partial charge in [0.05, 0.1) is 23.0 Å². The van der Waals surface area contributed by atoms with Crippen LogP contribution in [0.25, 0.3) is 5.70 Å². The molecule has 0 aliphatic carbocycles. The lowest BCUT2D eigenvalue weighted by molar-refractivity contribution is 0.0763. The van der Waals surface area contributed by atoms with Gasteiger partial charge < -0.3 is 14.8 Å². The van der Waals surface area contributed by atoms with Crippen LogP contribution in [-0.4, -0.2) is 40.3 Å². The predicted molar refractivity (Wildman–Crippen MR) is 138 cm³/mol. The summed E-state index contributed by atoms with van der Waals surface area (Å²) < 4.78 is 2.10. The first kappa shape index (κ1) is 27.3. The van der Waals surface area contributed by atoms with Crippen molar-refractivity contribution in [2.24, 2.45) is 0 Å². The number of rotatable bonds is 11. The smallest absolute Gasteiger partial charge is 0.253 e. The monoisotopic (exact) mass is 498 g/mol. The maximum Gasteiger partial charge on any atom is 0.253 e. The van der Waals surface area contributed by atoms with Gasteiger partial charge in [0, 0.05) is 42.9 Å². The summed E-state index contributed by atoms with van der Waals surface area (Å²) in [6.07, 6.45) is 10.2. The molecule has 1 aromatic heterocycles. The number of alkyl halides is 1. The van der Waals surface area contributed by atoms with Crippen LogP contribution in [0, 0.1) is 11.3 Å². The molecule has 1 aromatic carbocycles. The number of amides is 1. The molecule has 2 aromatic rings. The van der Waals surface area contributed by atoms with Crippen LogP contribution in [0.5, 0.6) is 0 Å². The van der Waals surface area contributed by atoms with E-state index in [-0.39, 0.29) is 5.91 Å². The van der Waals surface area contributed by atoms with E-state index in [1.165, 1.54) is 0 Å². The number of halogens is 1. The number of nitrogens with one attached hydrogen (secondary N) is 1. The molecular weight excluding hydrogens is 464 g/mol. The zero-order valence-electron chi connectivity index (χ0n) is 19.6. The summed E-state index contributed by atoms with van der Waals surface area (Å²) in [5, 5.41) is 13.2. The second-order valence-electron chi connectivity index (χ2n) is 6.71. The fourth-order valence-electron chi connectivity index (χ4n) is 3.16. The van der Waals surface area contributed by atoms with Crippen LogP contribution in [0.15, 0.2) is 66.6 Å². The van der Waals surface area contributed by atoms with Crippen LogP contribution in [0.2, 0.25) is 0 Å². The lowest BCUT2D eigenvalue weighted by Gasteiger charge is -2.22. The van der Waals surface area contributed by atoms with Gasteiger partial charge in [-0.15, -0.1) is 0 Å². The zero-order valence-corrected chi connectivity index (χ0v) is 21.2. The van der Waals surface area contributed by atoms with Crippen molar-refractivity contribution in [3.8, 4) is 6.07 Å².